The Morgan fingerprint density at radius 2 is 1.90 bits per heavy atom. The molecule has 0 radical (unpaired) electrons. The number of carbonyl (C=O) groups is 1. The van der Waals surface area contributed by atoms with Crippen LogP contribution in [-0.4, -0.2) is 49.7 Å². The van der Waals surface area contributed by atoms with E-state index < -0.39 is 0 Å². The average Bonchev–Trinajstić information content (AvgIpc) is 3.35. The zero-order chi connectivity index (χ0) is 21.2. The predicted octanol–water partition coefficient (Wildman–Crippen LogP) is 4.09. The minimum atomic E-state index is -0.115. The molecule has 156 valence electrons. The lowest BCUT2D eigenvalue weighted by Crippen LogP contribution is -2.49. The van der Waals surface area contributed by atoms with E-state index in [1.165, 1.54) is 6.33 Å². The van der Waals surface area contributed by atoms with Crippen LogP contribution in [0.1, 0.15) is 30.1 Å². The van der Waals surface area contributed by atoms with Gasteiger partial charge in [0.2, 0.25) is 5.88 Å². The van der Waals surface area contributed by atoms with Crippen molar-refractivity contribution >= 4 is 16.7 Å². The highest BCUT2D eigenvalue weighted by Crippen LogP contribution is 2.29. The highest BCUT2D eigenvalue weighted by Gasteiger charge is 2.32. The number of nitrogens with zero attached hydrogens (tertiary/aromatic N) is 4. The molecule has 31 heavy (non-hydrogen) atoms. The van der Waals surface area contributed by atoms with Crippen molar-refractivity contribution in [1.82, 2.24) is 25.1 Å². The summed E-state index contributed by atoms with van der Waals surface area (Å²) in [6.45, 7) is 2.59. The number of pyridine rings is 1. The highest BCUT2D eigenvalue weighted by molar-refractivity contribution is 6.00. The quantitative estimate of drug-likeness (QED) is 0.545. The molecule has 3 heterocycles. The van der Waals surface area contributed by atoms with Crippen molar-refractivity contribution < 1.29 is 9.53 Å². The first-order valence-electron chi connectivity index (χ1n) is 10.5. The average molecular weight is 413 g/mol. The Morgan fingerprint density at radius 3 is 2.77 bits per heavy atom. The Balaban J connectivity index is 1.40. The topological polar surface area (TPSA) is 84.0 Å². The first-order chi connectivity index (χ1) is 15.2. The minimum Gasteiger partial charge on any atom is -0.472 e. The highest BCUT2D eigenvalue weighted by atomic mass is 16.5. The summed E-state index contributed by atoms with van der Waals surface area (Å²) in [5.74, 6) is 1.17. The van der Waals surface area contributed by atoms with Gasteiger partial charge < -0.3 is 9.64 Å². The first-order valence-corrected chi connectivity index (χ1v) is 10.5. The summed E-state index contributed by atoms with van der Waals surface area (Å²) in [5.41, 5.74) is 1.35. The van der Waals surface area contributed by atoms with Crippen molar-refractivity contribution in [3.05, 3.63) is 72.7 Å². The van der Waals surface area contributed by atoms with Gasteiger partial charge in [-0.1, -0.05) is 36.4 Å². The lowest BCUT2D eigenvalue weighted by molar-refractivity contribution is 0.0378. The number of carbonyl (C=O) groups excluding carboxylic acids is 1. The van der Waals surface area contributed by atoms with Gasteiger partial charge in [0.25, 0.3) is 5.91 Å². The number of ether oxygens (including phenoxy) is 1. The van der Waals surface area contributed by atoms with Crippen LogP contribution in [0.15, 0.2) is 67.1 Å². The van der Waals surface area contributed by atoms with Gasteiger partial charge in [-0.15, -0.1) is 0 Å². The monoisotopic (exact) mass is 413 g/mol. The molecular formula is C24H23N5O2. The standard InChI is InChI=1S/C24H23N5O2/c1-16-10-11-18(31-23-19-7-3-2-6-17(19)12-13-25-23)14-29(16)24(30)21-9-5-4-8-20(21)22-26-15-27-28-22/h2-9,12-13,15-16,18H,10-11,14H2,1H3,(H,26,27,28)/t16-,18-/m0/s1. The van der Waals surface area contributed by atoms with E-state index in [9.17, 15) is 4.79 Å². The summed E-state index contributed by atoms with van der Waals surface area (Å²) in [6, 6.07) is 17.6. The third kappa shape index (κ3) is 3.74. The molecule has 1 aliphatic heterocycles. The number of hydrogen-bond acceptors (Lipinski definition) is 5. The normalized spacial score (nSPS) is 18.8. The van der Waals surface area contributed by atoms with Crippen LogP contribution >= 0.6 is 0 Å². The van der Waals surface area contributed by atoms with E-state index in [2.05, 4.69) is 27.1 Å². The largest absolute Gasteiger partial charge is 0.472 e. The van der Waals surface area contributed by atoms with Crippen molar-refractivity contribution in [2.45, 2.75) is 31.9 Å². The van der Waals surface area contributed by atoms with Crippen LogP contribution in [0.3, 0.4) is 0 Å². The van der Waals surface area contributed by atoms with Crippen molar-refractivity contribution in [2.24, 2.45) is 0 Å². The van der Waals surface area contributed by atoms with Gasteiger partial charge in [-0.25, -0.2) is 9.97 Å². The second-order valence-electron chi connectivity index (χ2n) is 7.84. The second-order valence-corrected chi connectivity index (χ2v) is 7.84. The zero-order valence-electron chi connectivity index (χ0n) is 17.2. The Hall–Kier alpha value is -3.74. The summed E-state index contributed by atoms with van der Waals surface area (Å²) in [7, 11) is 0. The van der Waals surface area contributed by atoms with E-state index in [4.69, 9.17) is 4.74 Å². The smallest absolute Gasteiger partial charge is 0.254 e. The van der Waals surface area contributed by atoms with E-state index in [-0.39, 0.29) is 18.1 Å². The maximum absolute atomic E-state index is 13.5. The number of aromatic amines is 1. The summed E-state index contributed by atoms with van der Waals surface area (Å²) >= 11 is 0. The molecule has 2 aromatic heterocycles. The number of piperidine rings is 1. The van der Waals surface area contributed by atoms with Crippen LogP contribution in [-0.2, 0) is 0 Å². The molecule has 0 unspecified atom stereocenters. The van der Waals surface area contributed by atoms with Crippen molar-refractivity contribution in [1.29, 1.82) is 0 Å². The van der Waals surface area contributed by atoms with Crippen LogP contribution in [0, 0.1) is 0 Å². The van der Waals surface area contributed by atoms with Gasteiger partial charge in [0.1, 0.15) is 12.4 Å². The maximum Gasteiger partial charge on any atom is 0.254 e. The number of H-pyrrole nitrogens is 1. The fourth-order valence-electron chi connectivity index (χ4n) is 4.16. The number of nitrogens with one attached hydrogen (secondary N) is 1. The van der Waals surface area contributed by atoms with Crippen molar-refractivity contribution in [2.75, 3.05) is 6.54 Å². The lowest BCUT2D eigenvalue weighted by atomic mass is 9.98. The summed E-state index contributed by atoms with van der Waals surface area (Å²) in [4.78, 5) is 24.1. The van der Waals surface area contributed by atoms with Gasteiger partial charge in [-0.3, -0.25) is 9.89 Å². The molecule has 4 aromatic rings. The van der Waals surface area contributed by atoms with Crippen LogP contribution in [0.2, 0.25) is 0 Å². The molecule has 0 bridgehead atoms. The molecule has 0 spiro atoms. The van der Waals surface area contributed by atoms with Gasteiger partial charge in [0.15, 0.2) is 5.82 Å². The predicted molar refractivity (Wildman–Crippen MR) is 118 cm³/mol. The molecular weight excluding hydrogens is 390 g/mol. The SMILES string of the molecule is C[C@H]1CC[C@H](Oc2nccc3ccccc23)CN1C(=O)c1ccccc1-c1ncn[nH]1. The molecule has 1 saturated heterocycles. The summed E-state index contributed by atoms with van der Waals surface area (Å²) in [6.07, 6.45) is 4.84. The molecule has 7 heteroatoms. The molecule has 2 aromatic carbocycles. The van der Waals surface area contributed by atoms with Crippen LogP contribution in [0.5, 0.6) is 5.88 Å². The van der Waals surface area contributed by atoms with Gasteiger partial charge >= 0.3 is 0 Å². The minimum absolute atomic E-state index is 0.0290. The molecule has 0 aliphatic carbocycles. The fourth-order valence-corrected chi connectivity index (χ4v) is 4.16. The van der Waals surface area contributed by atoms with E-state index in [1.807, 2.05) is 59.5 Å². The van der Waals surface area contributed by atoms with Gasteiger partial charge in [-0.05, 0) is 43.4 Å². The molecule has 1 fully saturated rings. The molecule has 1 N–H and O–H groups in total. The number of benzene rings is 2. The molecule has 2 atom stereocenters. The van der Waals surface area contributed by atoms with Crippen LogP contribution in [0.4, 0.5) is 0 Å². The number of fused-ring (bicyclic) bond motifs is 1. The van der Waals surface area contributed by atoms with E-state index in [0.29, 0.717) is 23.8 Å². The number of amides is 1. The lowest BCUT2D eigenvalue weighted by Gasteiger charge is -2.38. The van der Waals surface area contributed by atoms with E-state index in [0.717, 1.165) is 29.2 Å². The van der Waals surface area contributed by atoms with Gasteiger partial charge in [0, 0.05) is 23.2 Å². The van der Waals surface area contributed by atoms with Crippen LogP contribution < -0.4 is 4.74 Å². The molecule has 5 rings (SSSR count). The fraction of sp³-hybridized carbons (Fsp3) is 0.250. The molecule has 1 amide bonds. The second kappa shape index (κ2) is 8.18. The third-order valence-corrected chi connectivity index (χ3v) is 5.84. The first kappa shape index (κ1) is 19.2. The number of hydrogen-bond donors (Lipinski definition) is 1. The zero-order valence-corrected chi connectivity index (χ0v) is 17.2. The Kier molecular flexibility index (Phi) is 5.08. The van der Waals surface area contributed by atoms with Crippen LogP contribution in [0.25, 0.3) is 22.2 Å². The van der Waals surface area contributed by atoms with Gasteiger partial charge in [-0.2, -0.15) is 5.10 Å². The Bertz CT molecular complexity index is 1200. The third-order valence-electron chi connectivity index (χ3n) is 5.84. The molecule has 7 nitrogen and oxygen atoms in total. The van der Waals surface area contributed by atoms with Crippen molar-refractivity contribution in [3.8, 4) is 17.3 Å². The number of likely N-dealkylation sites (tertiary alicyclic amines) is 1. The molecule has 0 saturated carbocycles. The van der Waals surface area contributed by atoms with E-state index >= 15 is 0 Å². The Morgan fingerprint density at radius 1 is 1.06 bits per heavy atom. The van der Waals surface area contributed by atoms with Gasteiger partial charge in [0.05, 0.1) is 12.1 Å². The summed E-state index contributed by atoms with van der Waals surface area (Å²) < 4.78 is 6.30. The number of aromatic nitrogens is 4. The van der Waals surface area contributed by atoms with Crippen molar-refractivity contribution in [3.63, 3.8) is 0 Å². The summed E-state index contributed by atoms with van der Waals surface area (Å²) in [5, 5.41) is 8.85. The maximum atomic E-state index is 13.5. The van der Waals surface area contributed by atoms with E-state index in [1.54, 1.807) is 6.20 Å². The number of rotatable bonds is 4. The Labute approximate surface area is 180 Å². The molecule has 1 aliphatic rings.